The summed E-state index contributed by atoms with van der Waals surface area (Å²) >= 11 is 0. The Bertz CT molecular complexity index is 245. The lowest BCUT2D eigenvalue weighted by molar-refractivity contribution is 0.389. The molecule has 0 aliphatic heterocycles. The van der Waals surface area contributed by atoms with E-state index in [4.69, 9.17) is 10.6 Å². The van der Waals surface area contributed by atoms with Gasteiger partial charge in [-0.2, -0.15) is 5.10 Å². The number of rotatable bonds is 4. The highest BCUT2D eigenvalue weighted by molar-refractivity contribution is 5.13. The highest BCUT2D eigenvalue weighted by atomic mass is 16.5. The van der Waals surface area contributed by atoms with Gasteiger partial charge in [-0.1, -0.05) is 6.92 Å². The molecule has 0 saturated heterocycles. The minimum Gasteiger partial charge on any atom is -0.480 e. The smallest absolute Gasteiger partial charge is 0.233 e. The van der Waals surface area contributed by atoms with Gasteiger partial charge in [-0.15, -0.1) is 5.10 Å². The molecule has 1 heterocycles. The fraction of sp³-hybridized carbons (Fsp3) is 0.500. The van der Waals surface area contributed by atoms with E-state index in [0.717, 1.165) is 12.1 Å². The standard InChI is InChI=1S/C8H14N4O/c1-3-6(10-9)7-4-5-8(13-2)12-11-7/h4-6,10H,3,9H2,1-2H3. The molecular formula is C8H14N4O. The van der Waals surface area contributed by atoms with Crippen molar-refractivity contribution in [3.05, 3.63) is 17.8 Å². The largest absolute Gasteiger partial charge is 0.480 e. The first-order valence-electron chi connectivity index (χ1n) is 4.15. The number of hydrogen-bond donors (Lipinski definition) is 2. The molecule has 1 atom stereocenters. The van der Waals surface area contributed by atoms with Crippen LogP contribution in [0.25, 0.3) is 0 Å². The lowest BCUT2D eigenvalue weighted by atomic mass is 10.1. The molecule has 1 unspecified atom stereocenters. The second-order valence-electron chi connectivity index (χ2n) is 2.63. The van der Waals surface area contributed by atoms with Gasteiger partial charge in [0.25, 0.3) is 0 Å². The van der Waals surface area contributed by atoms with Crippen LogP contribution in [-0.4, -0.2) is 17.3 Å². The second-order valence-corrected chi connectivity index (χ2v) is 2.63. The van der Waals surface area contributed by atoms with Crippen LogP contribution in [0.5, 0.6) is 5.88 Å². The number of hydrogen-bond acceptors (Lipinski definition) is 5. The summed E-state index contributed by atoms with van der Waals surface area (Å²) in [6.07, 6.45) is 0.873. The van der Waals surface area contributed by atoms with Gasteiger partial charge in [-0.3, -0.25) is 11.3 Å². The summed E-state index contributed by atoms with van der Waals surface area (Å²) in [7, 11) is 1.56. The van der Waals surface area contributed by atoms with Crippen molar-refractivity contribution in [2.45, 2.75) is 19.4 Å². The number of nitrogens with zero attached hydrogens (tertiary/aromatic N) is 2. The maximum atomic E-state index is 5.34. The van der Waals surface area contributed by atoms with Gasteiger partial charge in [0, 0.05) is 6.07 Å². The van der Waals surface area contributed by atoms with E-state index < -0.39 is 0 Å². The van der Waals surface area contributed by atoms with Crippen LogP contribution in [0.2, 0.25) is 0 Å². The fourth-order valence-corrected chi connectivity index (χ4v) is 1.04. The quantitative estimate of drug-likeness (QED) is 0.521. The topological polar surface area (TPSA) is 73.1 Å². The highest BCUT2D eigenvalue weighted by Crippen LogP contribution is 2.13. The molecule has 1 rings (SSSR count). The Kier molecular flexibility index (Phi) is 3.60. The molecule has 1 aromatic rings. The average molecular weight is 182 g/mol. The minimum atomic E-state index is 0.0541. The van der Waals surface area contributed by atoms with Gasteiger partial charge >= 0.3 is 0 Å². The Morgan fingerprint density at radius 1 is 1.54 bits per heavy atom. The zero-order valence-corrected chi connectivity index (χ0v) is 7.82. The molecule has 0 radical (unpaired) electrons. The third-order valence-corrected chi connectivity index (χ3v) is 1.84. The molecule has 0 aliphatic carbocycles. The first kappa shape index (κ1) is 9.88. The molecule has 0 amide bonds. The van der Waals surface area contributed by atoms with Crippen LogP contribution >= 0.6 is 0 Å². The zero-order chi connectivity index (χ0) is 9.68. The van der Waals surface area contributed by atoms with Gasteiger partial charge in [0.05, 0.1) is 18.8 Å². The molecule has 0 spiro atoms. The molecule has 3 N–H and O–H groups in total. The maximum absolute atomic E-state index is 5.34. The van der Waals surface area contributed by atoms with Gasteiger partial charge < -0.3 is 4.74 Å². The molecule has 5 nitrogen and oxygen atoms in total. The molecule has 0 saturated carbocycles. The van der Waals surface area contributed by atoms with Crippen molar-refractivity contribution in [1.29, 1.82) is 0 Å². The van der Waals surface area contributed by atoms with Crippen molar-refractivity contribution in [2.75, 3.05) is 7.11 Å². The monoisotopic (exact) mass is 182 g/mol. The fourth-order valence-electron chi connectivity index (χ4n) is 1.04. The second kappa shape index (κ2) is 4.74. The maximum Gasteiger partial charge on any atom is 0.233 e. The minimum absolute atomic E-state index is 0.0541. The van der Waals surface area contributed by atoms with E-state index in [1.807, 2.05) is 13.0 Å². The Hall–Kier alpha value is -1.20. The summed E-state index contributed by atoms with van der Waals surface area (Å²) in [5.74, 6) is 5.85. The Morgan fingerprint density at radius 3 is 2.69 bits per heavy atom. The summed E-state index contributed by atoms with van der Waals surface area (Å²) in [4.78, 5) is 0. The predicted molar refractivity (Wildman–Crippen MR) is 48.9 cm³/mol. The van der Waals surface area contributed by atoms with Crippen molar-refractivity contribution in [2.24, 2.45) is 5.84 Å². The molecule has 1 aromatic heterocycles. The SMILES string of the molecule is CCC(NN)c1ccc(OC)nn1. The third-order valence-electron chi connectivity index (χ3n) is 1.84. The van der Waals surface area contributed by atoms with E-state index in [1.54, 1.807) is 13.2 Å². The van der Waals surface area contributed by atoms with E-state index in [-0.39, 0.29) is 6.04 Å². The lowest BCUT2D eigenvalue weighted by Gasteiger charge is -2.11. The highest BCUT2D eigenvalue weighted by Gasteiger charge is 2.08. The van der Waals surface area contributed by atoms with Crippen molar-refractivity contribution in [3.8, 4) is 5.88 Å². The zero-order valence-electron chi connectivity index (χ0n) is 7.82. The van der Waals surface area contributed by atoms with Crippen LogP contribution in [0.3, 0.4) is 0 Å². The van der Waals surface area contributed by atoms with E-state index in [9.17, 15) is 0 Å². The van der Waals surface area contributed by atoms with Gasteiger partial charge in [0.15, 0.2) is 0 Å². The molecule has 0 aliphatic rings. The first-order chi connectivity index (χ1) is 6.31. The van der Waals surface area contributed by atoms with Gasteiger partial charge in [-0.25, -0.2) is 0 Å². The number of ether oxygens (including phenoxy) is 1. The van der Waals surface area contributed by atoms with E-state index >= 15 is 0 Å². The summed E-state index contributed by atoms with van der Waals surface area (Å²) in [5.41, 5.74) is 3.49. The molecule has 5 heteroatoms. The van der Waals surface area contributed by atoms with Gasteiger partial charge in [0.1, 0.15) is 0 Å². The molecule has 0 fully saturated rings. The van der Waals surface area contributed by atoms with Crippen LogP contribution in [0, 0.1) is 0 Å². The van der Waals surface area contributed by atoms with E-state index in [2.05, 4.69) is 15.6 Å². The molecule has 0 bridgehead atoms. The summed E-state index contributed by atoms with van der Waals surface area (Å²) < 4.78 is 4.89. The summed E-state index contributed by atoms with van der Waals surface area (Å²) in [6.45, 7) is 2.02. The molecule has 72 valence electrons. The number of nitrogens with one attached hydrogen (secondary N) is 1. The van der Waals surface area contributed by atoms with Crippen molar-refractivity contribution in [1.82, 2.24) is 15.6 Å². The lowest BCUT2D eigenvalue weighted by Crippen LogP contribution is -2.28. The molecule has 13 heavy (non-hydrogen) atoms. The third kappa shape index (κ3) is 2.37. The van der Waals surface area contributed by atoms with E-state index in [0.29, 0.717) is 5.88 Å². The molecule has 0 aromatic carbocycles. The van der Waals surface area contributed by atoms with Crippen LogP contribution in [0.4, 0.5) is 0 Å². The Morgan fingerprint density at radius 2 is 2.31 bits per heavy atom. The van der Waals surface area contributed by atoms with Crippen molar-refractivity contribution < 1.29 is 4.74 Å². The number of hydrazine groups is 1. The van der Waals surface area contributed by atoms with E-state index in [1.165, 1.54) is 0 Å². The summed E-state index contributed by atoms with van der Waals surface area (Å²) in [5, 5.41) is 7.82. The Balaban J connectivity index is 2.78. The van der Waals surface area contributed by atoms with Crippen LogP contribution < -0.4 is 16.0 Å². The predicted octanol–water partition coefficient (Wildman–Crippen LogP) is 0.400. The Labute approximate surface area is 77.3 Å². The molecular weight excluding hydrogens is 168 g/mol. The van der Waals surface area contributed by atoms with Crippen LogP contribution in [0.1, 0.15) is 25.1 Å². The normalized spacial score (nSPS) is 12.5. The van der Waals surface area contributed by atoms with Crippen LogP contribution in [0.15, 0.2) is 12.1 Å². The van der Waals surface area contributed by atoms with Crippen LogP contribution in [-0.2, 0) is 0 Å². The first-order valence-corrected chi connectivity index (χ1v) is 4.15. The average Bonchev–Trinajstić information content (AvgIpc) is 2.21. The number of methoxy groups -OCH3 is 1. The van der Waals surface area contributed by atoms with Gasteiger partial charge in [-0.05, 0) is 12.5 Å². The van der Waals surface area contributed by atoms with Gasteiger partial charge in [0.2, 0.25) is 5.88 Å². The van der Waals surface area contributed by atoms with Crippen molar-refractivity contribution in [3.63, 3.8) is 0 Å². The summed E-state index contributed by atoms with van der Waals surface area (Å²) in [6, 6.07) is 3.67. The number of aromatic nitrogens is 2. The number of nitrogens with two attached hydrogens (primary N) is 1. The van der Waals surface area contributed by atoms with Crippen molar-refractivity contribution >= 4 is 0 Å².